The van der Waals surface area contributed by atoms with Gasteiger partial charge in [0.25, 0.3) is 11.8 Å². The van der Waals surface area contributed by atoms with Crippen LogP contribution in [0.5, 0.6) is 5.75 Å². The highest BCUT2D eigenvalue weighted by atomic mass is 16.5. The van der Waals surface area contributed by atoms with E-state index in [9.17, 15) is 9.59 Å². The average molecular weight is 402 g/mol. The number of carbonyl (C=O) groups excluding carboxylic acids is 2. The Morgan fingerprint density at radius 1 is 0.867 bits per heavy atom. The van der Waals surface area contributed by atoms with Gasteiger partial charge in [0, 0.05) is 17.3 Å². The Balaban J connectivity index is 1.32. The SMILES string of the molecule is O=C(COc1ccc2ccccc2c1)Nc1cccc(C(=O)NC2CCCCC2)c1. The number of ether oxygens (including phenoxy) is 1. The molecule has 2 N–H and O–H groups in total. The number of hydrogen-bond donors (Lipinski definition) is 2. The van der Waals surface area contributed by atoms with Gasteiger partial charge in [-0.1, -0.05) is 55.7 Å². The van der Waals surface area contributed by atoms with Gasteiger partial charge in [-0.05, 0) is 53.9 Å². The number of nitrogens with one attached hydrogen (secondary N) is 2. The molecule has 0 unspecified atom stereocenters. The molecule has 5 heteroatoms. The topological polar surface area (TPSA) is 67.4 Å². The smallest absolute Gasteiger partial charge is 0.262 e. The van der Waals surface area contributed by atoms with Gasteiger partial charge in [0.15, 0.2) is 6.61 Å². The van der Waals surface area contributed by atoms with Crippen molar-refractivity contribution in [2.75, 3.05) is 11.9 Å². The minimum atomic E-state index is -0.270. The van der Waals surface area contributed by atoms with E-state index in [0.717, 1.165) is 36.5 Å². The van der Waals surface area contributed by atoms with Gasteiger partial charge < -0.3 is 15.4 Å². The van der Waals surface area contributed by atoms with Crippen molar-refractivity contribution < 1.29 is 14.3 Å². The van der Waals surface area contributed by atoms with Gasteiger partial charge in [-0.15, -0.1) is 0 Å². The third-order valence-corrected chi connectivity index (χ3v) is 5.44. The maximum Gasteiger partial charge on any atom is 0.262 e. The average Bonchev–Trinajstić information content (AvgIpc) is 2.78. The van der Waals surface area contributed by atoms with Gasteiger partial charge in [-0.25, -0.2) is 0 Å². The summed E-state index contributed by atoms with van der Waals surface area (Å²) in [7, 11) is 0. The summed E-state index contributed by atoms with van der Waals surface area (Å²) in [5.41, 5.74) is 1.13. The zero-order valence-corrected chi connectivity index (χ0v) is 16.9. The fourth-order valence-corrected chi connectivity index (χ4v) is 3.86. The summed E-state index contributed by atoms with van der Waals surface area (Å²) in [6.45, 7) is -0.100. The van der Waals surface area contributed by atoms with E-state index in [4.69, 9.17) is 4.74 Å². The lowest BCUT2D eigenvalue weighted by Gasteiger charge is -2.22. The third kappa shape index (κ3) is 5.17. The van der Waals surface area contributed by atoms with Crippen LogP contribution in [0.15, 0.2) is 66.7 Å². The standard InChI is InChI=1S/C25H26N2O3/c28-24(17-30-23-14-13-18-7-4-5-8-19(18)16-23)26-22-12-6-9-20(15-22)25(29)27-21-10-2-1-3-11-21/h4-9,12-16,21H,1-3,10-11,17H2,(H,26,28)(H,27,29). The number of rotatable bonds is 6. The van der Waals surface area contributed by atoms with Gasteiger partial charge in [-0.3, -0.25) is 9.59 Å². The summed E-state index contributed by atoms with van der Waals surface area (Å²) in [4.78, 5) is 24.8. The molecule has 4 rings (SSSR count). The molecule has 154 valence electrons. The molecule has 0 heterocycles. The molecule has 0 radical (unpaired) electrons. The summed E-state index contributed by atoms with van der Waals surface area (Å²) >= 11 is 0. The predicted octanol–water partition coefficient (Wildman–Crippen LogP) is 4.92. The minimum Gasteiger partial charge on any atom is -0.484 e. The van der Waals surface area contributed by atoms with Crippen LogP contribution in [0.4, 0.5) is 5.69 Å². The number of fused-ring (bicyclic) bond motifs is 1. The van der Waals surface area contributed by atoms with Crippen LogP contribution in [0.1, 0.15) is 42.5 Å². The maximum absolute atomic E-state index is 12.5. The minimum absolute atomic E-state index is 0.0922. The molecule has 3 aromatic carbocycles. The largest absolute Gasteiger partial charge is 0.484 e. The summed E-state index contributed by atoms with van der Waals surface area (Å²) < 4.78 is 5.63. The Bertz CT molecular complexity index is 1040. The van der Waals surface area contributed by atoms with E-state index in [1.165, 1.54) is 6.42 Å². The van der Waals surface area contributed by atoms with Gasteiger partial charge >= 0.3 is 0 Å². The summed E-state index contributed by atoms with van der Waals surface area (Å²) in [5, 5.41) is 8.09. The number of anilines is 1. The van der Waals surface area contributed by atoms with Gasteiger partial charge in [0.1, 0.15) is 5.75 Å². The highest BCUT2D eigenvalue weighted by Crippen LogP contribution is 2.21. The molecule has 30 heavy (non-hydrogen) atoms. The van der Waals surface area contributed by atoms with Crippen molar-refractivity contribution in [3.63, 3.8) is 0 Å². The first-order chi connectivity index (χ1) is 14.7. The van der Waals surface area contributed by atoms with E-state index < -0.39 is 0 Å². The Hall–Kier alpha value is -3.34. The Morgan fingerprint density at radius 2 is 1.67 bits per heavy atom. The molecule has 1 fully saturated rings. The van der Waals surface area contributed by atoms with E-state index >= 15 is 0 Å². The second kappa shape index (κ2) is 9.44. The lowest BCUT2D eigenvalue weighted by Crippen LogP contribution is -2.36. The summed E-state index contributed by atoms with van der Waals surface area (Å²) in [5.74, 6) is 0.280. The van der Waals surface area contributed by atoms with Crippen molar-refractivity contribution >= 4 is 28.3 Å². The van der Waals surface area contributed by atoms with E-state index in [-0.39, 0.29) is 24.5 Å². The molecule has 0 saturated heterocycles. The van der Waals surface area contributed by atoms with Crippen LogP contribution in [0.2, 0.25) is 0 Å². The van der Waals surface area contributed by atoms with Crippen LogP contribution in [-0.4, -0.2) is 24.5 Å². The van der Waals surface area contributed by atoms with Crippen LogP contribution >= 0.6 is 0 Å². The monoisotopic (exact) mass is 402 g/mol. The van der Waals surface area contributed by atoms with Crippen molar-refractivity contribution in [1.29, 1.82) is 0 Å². The Morgan fingerprint density at radius 3 is 2.50 bits per heavy atom. The second-order valence-corrected chi connectivity index (χ2v) is 7.74. The van der Waals surface area contributed by atoms with Gasteiger partial charge in [0.2, 0.25) is 0 Å². The summed E-state index contributed by atoms with van der Waals surface area (Å²) in [6.07, 6.45) is 5.65. The highest BCUT2D eigenvalue weighted by Gasteiger charge is 2.17. The van der Waals surface area contributed by atoms with Crippen molar-refractivity contribution in [2.45, 2.75) is 38.1 Å². The Labute approximate surface area is 176 Å². The van der Waals surface area contributed by atoms with Gasteiger partial charge in [-0.2, -0.15) is 0 Å². The molecule has 1 aliphatic rings. The molecule has 2 amide bonds. The molecule has 0 spiro atoms. The predicted molar refractivity (Wildman–Crippen MR) is 119 cm³/mol. The van der Waals surface area contributed by atoms with Crippen molar-refractivity contribution in [3.8, 4) is 5.75 Å². The van der Waals surface area contributed by atoms with Gasteiger partial charge in [0.05, 0.1) is 0 Å². The normalized spacial score (nSPS) is 14.3. The fraction of sp³-hybridized carbons (Fsp3) is 0.280. The molecule has 0 atom stereocenters. The highest BCUT2D eigenvalue weighted by molar-refractivity contribution is 5.97. The molecule has 0 bridgehead atoms. The molecule has 0 aromatic heterocycles. The number of amides is 2. The van der Waals surface area contributed by atoms with Crippen molar-refractivity contribution in [1.82, 2.24) is 5.32 Å². The molecular weight excluding hydrogens is 376 g/mol. The van der Waals surface area contributed by atoms with Crippen molar-refractivity contribution in [3.05, 3.63) is 72.3 Å². The number of hydrogen-bond acceptors (Lipinski definition) is 3. The van der Waals surface area contributed by atoms with Crippen LogP contribution in [-0.2, 0) is 4.79 Å². The molecular formula is C25H26N2O3. The van der Waals surface area contributed by atoms with Crippen LogP contribution in [0.3, 0.4) is 0 Å². The van der Waals surface area contributed by atoms with E-state index in [0.29, 0.717) is 17.0 Å². The van der Waals surface area contributed by atoms with E-state index in [1.807, 2.05) is 42.5 Å². The second-order valence-electron chi connectivity index (χ2n) is 7.74. The number of carbonyl (C=O) groups is 2. The van der Waals surface area contributed by atoms with Crippen LogP contribution in [0, 0.1) is 0 Å². The number of benzene rings is 3. The van der Waals surface area contributed by atoms with E-state index in [2.05, 4.69) is 10.6 Å². The van der Waals surface area contributed by atoms with E-state index in [1.54, 1.807) is 24.3 Å². The molecule has 1 aliphatic carbocycles. The molecule has 1 saturated carbocycles. The fourth-order valence-electron chi connectivity index (χ4n) is 3.86. The van der Waals surface area contributed by atoms with Crippen LogP contribution in [0.25, 0.3) is 10.8 Å². The molecule has 0 aliphatic heterocycles. The first kappa shape index (κ1) is 20.0. The Kier molecular flexibility index (Phi) is 6.28. The molecule has 5 nitrogen and oxygen atoms in total. The maximum atomic E-state index is 12.5. The zero-order chi connectivity index (χ0) is 20.8. The first-order valence-electron chi connectivity index (χ1n) is 10.5. The van der Waals surface area contributed by atoms with Crippen molar-refractivity contribution in [2.24, 2.45) is 0 Å². The lowest BCUT2D eigenvalue weighted by molar-refractivity contribution is -0.118. The lowest BCUT2D eigenvalue weighted by atomic mass is 9.95. The summed E-state index contributed by atoms with van der Waals surface area (Å²) in [6, 6.07) is 21.0. The third-order valence-electron chi connectivity index (χ3n) is 5.44. The molecule has 3 aromatic rings. The first-order valence-corrected chi connectivity index (χ1v) is 10.5. The van der Waals surface area contributed by atoms with Crippen LogP contribution < -0.4 is 15.4 Å². The zero-order valence-electron chi connectivity index (χ0n) is 16.9. The quantitative estimate of drug-likeness (QED) is 0.615.